The van der Waals surface area contributed by atoms with Crippen LogP contribution in [-0.2, 0) is 9.59 Å². The topological polar surface area (TPSA) is 49.4 Å². The van der Waals surface area contributed by atoms with Crippen LogP contribution in [-0.4, -0.2) is 11.8 Å². The summed E-state index contributed by atoms with van der Waals surface area (Å²) in [6.45, 7) is 0. The molecular weight excluding hydrogens is 296 g/mol. The lowest BCUT2D eigenvalue weighted by atomic mass is 10.2. The lowest BCUT2D eigenvalue weighted by Gasteiger charge is -2.14. The summed E-state index contributed by atoms with van der Waals surface area (Å²) in [7, 11) is 0. The monoisotopic (exact) mass is 304 g/mol. The molecule has 0 aliphatic carbocycles. The number of hydrazine groups is 1. The average Bonchev–Trinajstić information content (AvgIpc) is 3.02. The molecular formula is C14H9ClN2O2S. The molecule has 1 aliphatic rings. The second-order valence-electron chi connectivity index (χ2n) is 4.13. The van der Waals surface area contributed by atoms with Crippen LogP contribution in [0, 0.1) is 0 Å². The van der Waals surface area contributed by atoms with Crippen LogP contribution in [0.1, 0.15) is 4.88 Å². The minimum atomic E-state index is -0.414. The van der Waals surface area contributed by atoms with Gasteiger partial charge in [0.1, 0.15) is 5.57 Å². The lowest BCUT2D eigenvalue weighted by molar-refractivity contribution is -0.117. The predicted octanol–water partition coefficient (Wildman–Crippen LogP) is 2.86. The Kier molecular flexibility index (Phi) is 3.30. The Labute approximate surface area is 124 Å². The number of anilines is 1. The van der Waals surface area contributed by atoms with E-state index >= 15 is 0 Å². The van der Waals surface area contributed by atoms with Gasteiger partial charge in [0.15, 0.2) is 0 Å². The van der Waals surface area contributed by atoms with E-state index in [1.807, 2.05) is 17.5 Å². The molecule has 1 N–H and O–H groups in total. The molecule has 1 fully saturated rings. The van der Waals surface area contributed by atoms with E-state index < -0.39 is 5.91 Å². The zero-order chi connectivity index (χ0) is 14.1. The van der Waals surface area contributed by atoms with Crippen molar-refractivity contribution < 1.29 is 9.59 Å². The fourth-order valence-corrected chi connectivity index (χ4v) is 2.71. The van der Waals surface area contributed by atoms with Gasteiger partial charge in [0, 0.05) is 9.90 Å². The molecule has 0 bridgehead atoms. The molecule has 2 amide bonds. The molecule has 3 rings (SSSR count). The van der Waals surface area contributed by atoms with E-state index in [2.05, 4.69) is 5.43 Å². The highest BCUT2D eigenvalue weighted by Gasteiger charge is 2.34. The minimum absolute atomic E-state index is 0.118. The first-order chi connectivity index (χ1) is 9.65. The van der Waals surface area contributed by atoms with Gasteiger partial charge in [-0.15, -0.1) is 11.3 Å². The normalized spacial score (nSPS) is 16.9. The van der Waals surface area contributed by atoms with Gasteiger partial charge in [-0.05, 0) is 35.7 Å². The predicted molar refractivity (Wildman–Crippen MR) is 79.4 cm³/mol. The van der Waals surface area contributed by atoms with Crippen molar-refractivity contribution in [3.63, 3.8) is 0 Å². The Hall–Kier alpha value is -2.11. The van der Waals surface area contributed by atoms with Gasteiger partial charge in [-0.2, -0.15) is 0 Å². The van der Waals surface area contributed by atoms with E-state index in [4.69, 9.17) is 11.6 Å². The Balaban J connectivity index is 1.95. The van der Waals surface area contributed by atoms with Crippen molar-refractivity contribution in [2.75, 3.05) is 5.01 Å². The number of carbonyl (C=O) groups is 2. The van der Waals surface area contributed by atoms with Crippen LogP contribution in [0.15, 0.2) is 47.4 Å². The molecule has 4 nitrogen and oxygen atoms in total. The van der Waals surface area contributed by atoms with Gasteiger partial charge in [-0.1, -0.05) is 23.7 Å². The summed E-state index contributed by atoms with van der Waals surface area (Å²) < 4.78 is 0. The standard InChI is InChI=1S/C14H9ClN2O2S/c15-9-3-1-4-10(7-9)17-14(19)12(13(18)16-17)8-11-5-2-6-20-11/h1-8H,(H,16,18). The number of benzene rings is 1. The summed E-state index contributed by atoms with van der Waals surface area (Å²) in [4.78, 5) is 25.1. The second-order valence-corrected chi connectivity index (χ2v) is 5.55. The van der Waals surface area contributed by atoms with Gasteiger partial charge in [-0.25, -0.2) is 5.01 Å². The third-order valence-corrected chi connectivity index (χ3v) is 3.84. The zero-order valence-electron chi connectivity index (χ0n) is 10.2. The smallest absolute Gasteiger partial charge is 0.267 e. The molecule has 0 atom stereocenters. The number of hydrogen-bond donors (Lipinski definition) is 1. The first-order valence-corrected chi connectivity index (χ1v) is 7.07. The second kappa shape index (κ2) is 5.11. The number of hydrogen-bond acceptors (Lipinski definition) is 3. The number of halogens is 1. The number of nitrogens with one attached hydrogen (secondary N) is 1. The maximum Gasteiger partial charge on any atom is 0.282 e. The maximum atomic E-state index is 12.3. The molecule has 6 heteroatoms. The van der Waals surface area contributed by atoms with Crippen molar-refractivity contribution in [2.45, 2.75) is 0 Å². The van der Waals surface area contributed by atoms with E-state index in [1.54, 1.807) is 30.3 Å². The van der Waals surface area contributed by atoms with Gasteiger partial charge < -0.3 is 0 Å². The van der Waals surface area contributed by atoms with Crippen LogP contribution < -0.4 is 10.4 Å². The average molecular weight is 305 g/mol. The van der Waals surface area contributed by atoms with Crippen molar-refractivity contribution in [1.82, 2.24) is 5.43 Å². The Morgan fingerprint density at radius 3 is 2.75 bits per heavy atom. The number of nitrogens with zero attached hydrogens (tertiary/aromatic N) is 1. The van der Waals surface area contributed by atoms with Crippen molar-refractivity contribution >= 4 is 46.5 Å². The third-order valence-electron chi connectivity index (χ3n) is 2.79. The molecule has 1 aliphatic heterocycles. The highest BCUT2D eigenvalue weighted by molar-refractivity contribution is 7.10. The Morgan fingerprint density at radius 2 is 2.05 bits per heavy atom. The van der Waals surface area contributed by atoms with Crippen LogP contribution >= 0.6 is 22.9 Å². The summed E-state index contributed by atoms with van der Waals surface area (Å²) in [6.07, 6.45) is 1.59. The van der Waals surface area contributed by atoms with Crippen molar-refractivity contribution in [2.24, 2.45) is 0 Å². The summed E-state index contributed by atoms with van der Waals surface area (Å²) in [5, 5.41) is 3.59. The zero-order valence-corrected chi connectivity index (χ0v) is 11.7. The van der Waals surface area contributed by atoms with Crippen LogP contribution in [0.25, 0.3) is 6.08 Å². The van der Waals surface area contributed by atoms with Crippen LogP contribution in [0.2, 0.25) is 5.02 Å². The van der Waals surface area contributed by atoms with E-state index in [0.29, 0.717) is 10.7 Å². The molecule has 0 unspecified atom stereocenters. The first-order valence-electron chi connectivity index (χ1n) is 5.81. The fraction of sp³-hybridized carbons (Fsp3) is 0. The van der Waals surface area contributed by atoms with Crippen molar-refractivity contribution in [3.05, 3.63) is 57.3 Å². The molecule has 1 aromatic carbocycles. The quantitative estimate of drug-likeness (QED) is 0.685. The summed E-state index contributed by atoms with van der Waals surface area (Å²) in [5.41, 5.74) is 3.18. The summed E-state index contributed by atoms with van der Waals surface area (Å²) in [5.74, 6) is -0.797. The number of rotatable bonds is 2. The number of thiophene rings is 1. The van der Waals surface area contributed by atoms with Gasteiger partial charge in [-0.3, -0.25) is 15.0 Å². The molecule has 20 heavy (non-hydrogen) atoms. The van der Waals surface area contributed by atoms with Gasteiger partial charge in [0.05, 0.1) is 5.69 Å². The van der Waals surface area contributed by atoms with Crippen LogP contribution in [0.4, 0.5) is 5.69 Å². The van der Waals surface area contributed by atoms with E-state index in [0.717, 1.165) is 4.88 Å². The molecule has 0 radical (unpaired) electrons. The van der Waals surface area contributed by atoms with Crippen LogP contribution in [0.3, 0.4) is 0 Å². The van der Waals surface area contributed by atoms with E-state index in [-0.39, 0.29) is 11.5 Å². The summed E-state index contributed by atoms with van der Waals surface area (Å²) in [6, 6.07) is 10.5. The van der Waals surface area contributed by atoms with E-state index in [1.165, 1.54) is 16.3 Å². The molecule has 2 aromatic rings. The largest absolute Gasteiger partial charge is 0.282 e. The molecule has 1 aromatic heterocycles. The lowest BCUT2D eigenvalue weighted by Crippen LogP contribution is -2.35. The molecule has 1 saturated heterocycles. The highest BCUT2D eigenvalue weighted by atomic mass is 35.5. The van der Waals surface area contributed by atoms with Crippen molar-refractivity contribution in [3.8, 4) is 0 Å². The molecule has 0 spiro atoms. The summed E-state index contributed by atoms with van der Waals surface area (Å²) >= 11 is 7.36. The first kappa shape index (κ1) is 12.9. The fourth-order valence-electron chi connectivity index (χ4n) is 1.87. The molecule has 100 valence electrons. The van der Waals surface area contributed by atoms with Gasteiger partial charge >= 0.3 is 0 Å². The minimum Gasteiger partial charge on any atom is -0.267 e. The molecule has 2 heterocycles. The third kappa shape index (κ3) is 2.33. The van der Waals surface area contributed by atoms with Gasteiger partial charge in [0.25, 0.3) is 11.8 Å². The highest BCUT2D eigenvalue weighted by Crippen LogP contribution is 2.24. The van der Waals surface area contributed by atoms with E-state index in [9.17, 15) is 9.59 Å². The number of amides is 2. The van der Waals surface area contributed by atoms with Crippen molar-refractivity contribution in [1.29, 1.82) is 0 Å². The number of carbonyl (C=O) groups excluding carboxylic acids is 2. The Bertz CT molecular complexity index is 710. The van der Waals surface area contributed by atoms with Gasteiger partial charge in [0.2, 0.25) is 0 Å². The maximum absolute atomic E-state index is 12.3. The van der Waals surface area contributed by atoms with Crippen LogP contribution in [0.5, 0.6) is 0 Å². The SMILES string of the molecule is O=C1NN(c2cccc(Cl)c2)C(=O)C1=Cc1cccs1. The molecule has 0 saturated carbocycles. The Morgan fingerprint density at radius 1 is 1.20 bits per heavy atom.